The number of ether oxygens (including phenoxy) is 2. The maximum absolute atomic E-state index is 12.4. The molecule has 1 atom stereocenters. The molecule has 0 aliphatic rings. The molecule has 0 unspecified atom stereocenters. The van der Waals surface area contributed by atoms with Crippen LogP contribution in [0.4, 0.5) is 0 Å². The van der Waals surface area contributed by atoms with Gasteiger partial charge in [0.25, 0.3) is 5.91 Å². The van der Waals surface area contributed by atoms with Crippen molar-refractivity contribution in [3.8, 4) is 11.5 Å². The van der Waals surface area contributed by atoms with Crippen molar-refractivity contribution in [2.24, 2.45) is 0 Å². The van der Waals surface area contributed by atoms with E-state index in [0.717, 1.165) is 16.9 Å². The first kappa shape index (κ1) is 18.8. The Hall–Kier alpha value is -2.49. The van der Waals surface area contributed by atoms with E-state index in [4.69, 9.17) is 9.47 Å². The maximum atomic E-state index is 12.4. The fraction of sp³-hybridized carbons (Fsp3) is 0.381. The lowest BCUT2D eigenvalue weighted by molar-refractivity contribution is -0.128. The van der Waals surface area contributed by atoms with Gasteiger partial charge in [-0.05, 0) is 62.6 Å². The summed E-state index contributed by atoms with van der Waals surface area (Å²) >= 11 is 0. The first-order valence-corrected chi connectivity index (χ1v) is 8.74. The summed E-state index contributed by atoms with van der Waals surface area (Å²) in [7, 11) is 0. The van der Waals surface area contributed by atoms with Crippen LogP contribution in [0, 0.1) is 6.92 Å². The van der Waals surface area contributed by atoms with Crippen LogP contribution in [-0.4, -0.2) is 18.1 Å². The van der Waals surface area contributed by atoms with Crippen LogP contribution < -0.4 is 14.8 Å². The Labute approximate surface area is 150 Å². The highest BCUT2D eigenvalue weighted by atomic mass is 16.5. The van der Waals surface area contributed by atoms with Gasteiger partial charge in [-0.1, -0.05) is 31.2 Å². The van der Waals surface area contributed by atoms with Gasteiger partial charge in [-0.3, -0.25) is 4.79 Å². The number of carbonyl (C=O) groups excluding carboxylic acids is 1. The molecule has 134 valence electrons. The van der Waals surface area contributed by atoms with E-state index < -0.39 is 6.10 Å². The molecule has 0 saturated carbocycles. The Kier molecular flexibility index (Phi) is 6.87. The first-order chi connectivity index (χ1) is 12.0. The van der Waals surface area contributed by atoms with Gasteiger partial charge in [0, 0.05) is 6.54 Å². The van der Waals surface area contributed by atoms with Gasteiger partial charge in [-0.15, -0.1) is 0 Å². The van der Waals surface area contributed by atoms with Crippen LogP contribution in [0.25, 0.3) is 0 Å². The van der Waals surface area contributed by atoms with Crippen LogP contribution >= 0.6 is 0 Å². The quantitative estimate of drug-likeness (QED) is 0.780. The number of rotatable bonds is 8. The lowest BCUT2D eigenvalue weighted by Crippen LogP contribution is -2.37. The fourth-order valence-electron chi connectivity index (χ4n) is 2.48. The van der Waals surface area contributed by atoms with Crippen molar-refractivity contribution < 1.29 is 14.3 Å². The van der Waals surface area contributed by atoms with Crippen molar-refractivity contribution in [2.75, 3.05) is 0 Å². The Morgan fingerprint density at radius 2 is 1.72 bits per heavy atom. The normalized spacial score (nSPS) is 11.9. The van der Waals surface area contributed by atoms with Crippen LogP contribution in [0.3, 0.4) is 0 Å². The topological polar surface area (TPSA) is 47.6 Å². The zero-order chi connectivity index (χ0) is 18.2. The van der Waals surface area contributed by atoms with Gasteiger partial charge in [-0.25, -0.2) is 0 Å². The predicted molar refractivity (Wildman–Crippen MR) is 99.9 cm³/mol. The summed E-state index contributed by atoms with van der Waals surface area (Å²) in [6.07, 6.45) is 0.227. The second-order valence-electron chi connectivity index (χ2n) is 6.36. The SMILES string of the molecule is CC[C@H](Oc1cccc(C)c1)C(=O)NCc1cccc(OC(C)C)c1. The minimum atomic E-state index is -0.503. The summed E-state index contributed by atoms with van der Waals surface area (Å²) in [5.41, 5.74) is 2.10. The number of amides is 1. The molecule has 4 nitrogen and oxygen atoms in total. The summed E-state index contributed by atoms with van der Waals surface area (Å²) in [5, 5.41) is 2.95. The van der Waals surface area contributed by atoms with Crippen molar-refractivity contribution in [1.82, 2.24) is 5.32 Å². The molecular formula is C21H27NO3. The second kappa shape index (κ2) is 9.11. The van der Waals surface area contributed by atoms with Crippen LogP contribution in [0.5, 0.6) is 11.5 Å². The van der Waals surface area contributed by atoms with Gasteiger partial charge >= 0.3 is 0 Å². The van der Waals surface area contributed by atoms with E-state index in [-0.39, 0.29) is 12.0 Å². The molecule has 0 spiro atoms. The fourth-order valence-corrected chi connectivity index (χ4v) is 2.48. The van der Waals surface area contributed by atoms with Crippen molar-refractivity contribution in [2.45, 2.75) is 52.9 Å². The molecule has 0 radical (unpaired) electrons. The van der Waals surface area contributed by atoms with Crippen molar-refractivity contribution in [1.29, 1.82) is 0 Å². The van der Waals surface area contributed by atoms with Gasteiger partial charge in [-0.2, -0.15) is 0 Å². The Bertz CT molecular complexity index is 697. The zero-order valence-corrected chi connectivity index (χ0v) is 15.4. The first-order valence-electron chi connectivity index (χ1n) is 8.74. The molecule has 0 saturated heterocycles. The maximum Gasteiger partial charge on any atom is 0.261 e. The highest BCUT2D eigenvalue weighted by molar-refractivity contribution is 5.81. The van der Waals surface area contributed by atoms with Crippen LogP contribution in [0.2, 0.25) is 0 Å². The second-order valence-corrected chi connectivity index (χ2v) is 6.36. The van der Waals surface area contributed by atoms with Crippen molar-refractivity contribution in [3.63, 3.8) is 0 Å². The minimum Gasteiger partial charge on any atom is -0.491 e. The van der Waals surface area contributed by atoms with Gasteiger partial charge in [0.1, 0.15) is 11.5 Å². The Morgan fingerprint density at radius 1 is 1.04 bits per heavy atom. The molecule has 2 rings (SSSR count). The summed E-state index contributed by atoms with van der Waals surface area (Å²) in [4.78, 5) is 12.4. The zero-order valence-electron chi connectivity index (χ0n) is 15.4. The van der Waals surface area contributed by atoms with Crippen LogP contribution in [-0.2, 0) is 11.3 Å². The van der Waals surface area contributed by atoms with Crippen molar-refractivity contribution in [3.05, 3.63) is 59.7 Å². The Morgan fingerprint density at radius 3 is 2.36 bits per heavy atom. The van der Waals surface area contributed by atoms with E-state index in [0.29, 0.717) is 18.7 Å². The van der Waals surface area contributed by atoms with Gasteiger partial charge < -0.3 is 14.8 Å². The monoisotopic (exact) mass is 341 g/mol. The number of aryl methyl sites for hydroxylation is 1. The molecule has 0 bridgehead atoms. The Balaban J connectivity index is 1.93. The molecule has 2 aromatic carbocycles. The van der Waals surface area contributed by atoms with Gasteiger partial charge in [0.05, 0.1) is 6.10 Å². The third kappa shape index (κ3) is 6.14. The standard InChI is InChI=1S/C21H27NO3/c1-5-20(25-18-10-6-8-16(4)12-18)21(23)22-14-17-9-7-11-19(13-17)24-15(2)3/h6-13,15,20H,5,14H2,1-4H3,(H,22,23)/t20-/m0/s1. The summed E-state index contributed by atoms with van der Waals surface area (Å²) in [5.74, 6) is 1.42. The lowest BCUT2D eigenvalue weighted by Gasteiger charge is -2.18. The molecule has 1 N–H and O–H groups in total. The molecule has 0 aliphatic heterocycles. The van der Waals surface area contributed by atoms with Crippen LogP contribution in [0.1, 0.15) is 38.3 Å². The number of carbonyl (C=O) groups is 1. The molecule has 1 amide bonds. The minimum absolute atomic E-state index is 0.112. The average molecular weight is 341 g/mol. The average Bonchev–Trinajstić information content (AvgIpc) is 2.57. The molecule has 4 heteroatoms. The summed E-state index contributed by atoms with van der Waals surface area (Å²) in [6, 6.07) is 15.5. The molecule has 0 heterocycles. The lowest BCUT2D eigenvalue weighted by atomic mass is 10.2. The molecule has 2 aromatic rings. The van der Waals surface area contributed by atoms with E-state index in [1.807, 2.05) is 76.2 Å². The number of hydrogen-bond acceptors (Lipinski definition) is 3. The third-order valence-corrected chi connectivity index (χ3v) is 3.67. The van der Waals surface area contributed by atoms with Crippen molar-refractivity contribution >= 4 is 5.91 Å². The predicted octanol–water partition coefficient (Wildman–Crippen LogP) is 4.26. The molecule has 0 aliphatic carbocycles. The van der Waals surface area contributed by atoms with Gasteiger partial charge in [0.2, 0.25) is 0 Å². The number of benzene rings is 2. The van der Waals surface area contributed by atoms with Gasteiger partial charge in [0.15, 0.2) is 6.10 Å². The van der Waals surface area contributed by atoms with Crippen LogP contribution in [0.15, 0.2) is 48.5 Å². The molecule has 0 fully saturated rings. The summed E-state index contributed by atoms with van der Waals surface area (Å²) in [6.45, 7) is 8.37. The number of nitrogens with one attached hydrogen (secondary N) is 1. The molecule has 0 aromatic heterocycles. The third-order valence-electron chi connectivity index (χ3n) is 3.67. The largest absolute Gasteiger partial charge is 0.491 e. The van der Waals surface area contributed by atoms with E-state index in [1.165, 1.54) is 0 Å². The number of hydrogen-bond donors (Lipinski definition) is 1. The van der Waals surface area contributed by atoms with E-state index >= 15 is 0 Å². The highest BCUT2D eigenvalue weighted by Gasteiger charge is 2.18. The molecular weight excluding hydrogens is 314 g/mol. The smallest absolute Gasteiger partial charge is 0.261 e. The van der Waals surface area contributed by atoms with E-state index in [2.05, 4.69) is 5.32 Å². The van der Waals surface area contributed by atoms with E-state index in [1.54, 1.807) is 0 Å². The highest BCUT2D eigenvalue weighted by Crippen LogP contribution is 2.17. The summed E-state index contributed by atoms with van der Waals surface area (Å²) < 4.78 is 11.5. The molecule has 25 heavy (non-hydrogen) atoms. The van der Waals surface area contributed by atoms with E-state index in [9.17, 15) is 4.79 Å².